The number of imide groups is 1. The molecular formula is C22H22N4O2S. The first-order valence-electron chi connectivity index (χ1n) is 9.65. The lowest BCUT2D eigenvalue weighted by Crippen LogP contribution is -2.30. The van der Waals surface area contributed by atoms with E-state index in [9.17, 15) is 9.59 Å². The molecule has 0 aliphatic carbocycles. The highest BCUT2D eigenvalue weighted by atomic mass is 32.2. The monoisotopic (exact) mass is 406 g/mol. The third kappa shape index (κ3) is 4.10. The van der Waals surface area contributed by atoms with Gasteiger partial charge in [0.2, 0.25) is 0 Å². The summed E-state index contributed by atoms with van der Waals surface area (Å²) in [6.07, 6.45) is 2.41. The standard InChI is InChI=1S/C22H22N4O2S/c1-25-19(15-16-9-3-2-4-10-16)23-24-22(25)29-14-8-7-13-26-20(27)17-11-5-6-12-18(17)21(26)28/h2-6,9-12H,7-8,13-15H2,1H3. The number of benzene rings is 2. The molecule has 2 aromatic carbocycles. The number of thioether (sulfide) groups is 1. The van der Waals surface area contributed by atoms with Crippen LogP contribution < -0.4 is 0 Å². The number of hydrogen-bond acceptors (Lipinski definition) is 5. The van der Waals surface area contributed by atoms with E-state index >= 15 is 0 Å². The van der Waals surface area contributed by atoms with Crippen LogP contribution in [-0.4, -0.2) is 43.8 Å². The van der Waals surface area contributed by atoms with Gasteiger partial charge in [0.05, 0.1) is 11.1 Å². The van der Waals surface area contributed by atoms with Gasteiger partial charge in [0, 0.05) is 25.8 Å². The second-order valence-electron chi connectivity index (χ2n) is 6.98. The average Bonchev–Trinajstić information content (AvgIpc) is 3.21. The van der Waals surface area contributed by atoms with E-state index in [1.165, 1.54) is 10.5 Å². The molecule has 148 valence electrons. The Morgan fingerprint density at radius 1 is 0.862 bits per heavy atom. The molecule has 7 heteroatoms. The molecule has 0 unspecified atom stereocenters. The van der Waals surface area contributed by atoms with Crippen LogP contribution in [0.1, 0.15) is 44.9 Å². The molecule has 0 spiro atoms. The van der Waals surface area contributed by atoms with E-state index in [1.807, 2.05) is 29.8 Å². The van der Waals surface area contributed by atoms with Gasteiger partial charge in [-0.05, 0) is 30.5 Å². The number of fused-ring (bicyclic) bond motifs is 1. The van der Waals surface area contributed by atoms with Gasteiger partial charge in [0.25, 0.3) is 11.8 Å². The molecule has 29 heavy (non-hydrogen) atoms. The van der Waals surface area contributed by atoms with Gasteiger partial charge in [-0.2, -0.15) is 0 Å². The fourth-order valence-corrected chi connectivity index (χ4v) is 4.31. The van der Waals surface area contributed by atoms with Crippen LogP contribution in [0.25, 0.3) is 0 Å². The molecule has 6 nitrogen and oxygen atoms in total. The number of nitrogens with zero attached hydrogens (tertiary/aromatic N) is 4. The van der Waals surface area contributed by atoms with Crippen LogP contribution >= 0.6 is 11.8 Å². The number of amides is 2. The molecule has 0 saturated heterocycles. The SMILES string of the molecule is Cn1c(Cc2ccccc2)nnc1SCCCCN1C(=O)c2ccccc2C1=O. The van der Waals surface area contributed by atoms with E-state index in [2.05, 4.69) is 22.3 Å². The molecule has 1 aliphatic heterocycles. The number of aromatic nitrogens is 3. The van der Waals surface area contributed by atoms with E-state index in [4.69, 9.17) is 0 Å². The molecule has 2 amide bonds. The molecule has 2 heterocycles. The van der Waals surface area contributed by atoms with Crippen LogP contribution in [0.4, 0.5) is 0 Å². The van der Waals surface area contributed by atoms with Crippen molar-refractivity contribution in [1.29, 1.82) is 0 Å². The predicted molar refractivity (Wildman–Crippen MR) is 112 cm³/mol. The molecule has 0 fully saturated rings. The van der Waals surface area contributed by atoms with Gasteiger partial charge in [-0.3, -0.25) is 14.5 Å². The minimum absolute atomic E-state index is 0.183. The molecular weight excluding hydrogens is 384 g/mol. The van der Waals surface area contributed by atoms with E-state index in [0.29, 0.717) is 17.7 Å². The minimum Gasteiger partial charge on any atom is -0.309 e. The van der Waals surface area contributed by atoms with Gasteiger partial charge in [-0.1, -0.05) is 54.2 Å². The molecule has 3 aromatic rings. The Balaban J connectivity index is 1.25. The Morgan fingerprint density at radius 2 is 1.52 bits per heavy atom. The van der Waals surface area contributed by atoms with Crippen molar-refractivity contribution in [3.8, 4) is 0 Å². The van der Waals surface area contributed by atoms with Crippen molar-refractivity contribution < 1.29 is 9.59 Å². The zero-order chi connectivity index (χ0) is 20.2. The van der Waals surface area contributed by atoms with Crippen LogP contribution in [0.3, 0.4) is 0 Å². The first-order chi connectivity index (χ1) is 14.1. The molecule has 0 saturated carbocycles. The summed E-state index contributed by atoms with van der Waals surface area (Å²) in [5.41, 5.74) is 2.23. The first kappa shape index (κ1) is 19.4. The number of carbonyl (C=O) groups excluding carboxylic acids is 2. The number of hydrogen-bond donors (Lipinski definition) is 0. The Hall–Kier alpha value is -2.93. The summed E-state index contributed by atoms with van der Waals surface area (Å²) < 4.78 is 2.03. The zero-order valence-corrected chi connectivity index (χ0v) is 17.1. The lowest BCUT2D eigenvalue weighted by molar-refractivity contribution is 0.0652. The number of rotatable bonds is 8. The summed E-state index contributed by atoms with van der Waals surface area (Å²) in [6.45, 7) is 0.449. The van der Waals surface area contributed by atoms with Crippen molar-refractivity contribution in [1.82, 2.24) is 19.7 Å². The van der Waals surface area contributed by atoms with Crippen molar-refractivity contribution >= 4 is 23.6 Å². The highest BCUT2D eigenvalue weighted by molar-refractivity contribution is 7.99. The molecule has 1 aromatic heterocycles. The zero-order valence-electron chi connectivity index (χ0n) is 16.2. The largest absolute Gasteiger partial charge is 0.309 e. The maximum Gasteiger partial charge on any atom is 0.261 e. The predicted octanol–water partition coefficient (Wildman–Crippen LogP) is 3.57. The van der Waals surface area contributed by atoms with Crippen molar-refractivity contribution in [2.45, 2.75) is 24.4 Å². The van der Waals surface area contributed by atoms with Gasteiger partial charge in [-0.15, -0.1) is 10.2 Å². The van der Waals surface area contributed by atoms with E-state index in [-0.39, 0.29) is 11.8 Å². The number of unbranched alkanes of at least 4 members (excludes halogenated alkanes) is 1. The Kier molecular flexibility index (Phi) is 5.76. The van der Waals surface area contributed by atoms with Crippen LogP contribution in [-0.2, 0) is 13.5 Å². The molecule has 4 rings (SSSR count). The van der Waals surface area contributed by atoms with Crippen LogP contribution in [0.5, 0.6) is 0 Å². The molecule has 0 bridgehead atoms. The van der Waals surface area contributed by atoms with Gasteiger partial charge in [0.15, 0.2) is 5.16 Å². The average molecular weight is 407 g/mol. The highest BCUT2D eigenvalue weighted by Crippen LogP contribution is 2.23. The van der Waals surface area contributed by atoms with E-state index in [0.717, 1.165) is 36.0 Å². The summed E-state index contributed by atoms with van der Waals surface area (Å²) in [6, 6.07) is 17.2. The van der Waals surface area contributed by atoms with Crippen molar-refractivity contribution in [3.63, 3.8) is 0 Å². The maximum absolute atomic E-state index is 12.4. The second-order valence-corrected chi connectivity index (χ2v) is 8.05. The van der Waals surface area contributed by atoms with Gasteiger partial charge >= 0.3 is 0 Å². The second kappa shape index (κ2) is 8.61. The Labute approximate surface area is 173 Å². The van der Waals surface area contributed by atoms with E-state index in [1.54, 1.807) is 36.0 Å². The summed E-state index contributed by atoms with van der Waals surface area (Å²) in [4.78, 5) is 26.1. The fourth-order valence-electron chi connectivity index (χ4n) is 3.38. The van der Waals surface area contributed by atoms with Crippen LogP contribution in [0.2, 0.25) is 0 Å². The maximum atomic E-state index is 12.4. The van der Waals surface area contributed by atoms with Gasteiger partial charge in [-0.25, -0.2) is 0 Å². The van der Waals surface area contributed by atoms with Gasteiger partial charge in [0.1, 0.15) is 5.82 Å². The lowest BCUT2D eigenvalue weighted by atomic mass is 10.1. The smallest absolute Gasteiger partial charge is 0.261 e. The van der Waals surface area contributed by atoms with Crippen LogP contribution in [0.15, 0.2) is 59.8 Å². The number of carbonyl (C=O) groups is 2. The summed E-state index contributed by atoms with van der Waals surface area (Å²) in [5.74, 6) is 1.43. The van der Waals surface area contributed by atoms with Crippen molar-refractivity contribution in [2.24, 2.45) is 7.05 Å². The Bertz CT molecular complexity index is 997. The third-order valence-corrected chi connectivity index (χ3v) is 6.12. The molecule has 1 aliphatic rings. The molecule has 0 radical (unpaired) electrons. The van der Waals surface area contributed by atoms with Crippen molar-refractivity contribution in [3.05, 3.63) is 77.1 Å². The highest BCUT2D eigenvalue weighted by Gasteiger charge is 2.34. The molecule has 0 N–H and O–H groups in total. The summed E-state index contributed by atoms with van der Waals surface area (Å²) >= 11 is 1.65. The summed E-state index contributed by atoms with van der Waals surface area (Å²) in [7, 11) is 1.99. The van der Waals surface area contributed by atoms with E-state index < -0.39 is 0 Å². The van der Waals surface area contributed by atoms with Gasteiger partial charge < -0.3 is 4.57 Å². The minimum atomic E-state index is -0.183. The summed E-state index contributed by atoms with van der Waals surface area (Å²) in [5, 5.41) is 9.49. The normalized spacial score (nSPS) is 13.2. The quantitative estimate of drug-likeness (QED) is 0.325. The topological polar surface area (TPSA) is 68.1 Å². The fraction of sp³-hybridized carbons (Fsp3) is 0.273. The van der Waals surface area contributed by atoms with Crippen LogP contribution in [0, 0.1) is 0 Å². The van der Waals surface area contributed by atoms with Crippen molar-refractivity contribution in [2.75, 3.05) is 12.3 Å². The Morgan fingerprint density at radius 3 is 2.21 bits per heavy atom. The first-order valence-corrected chi connectivity index (χ1v) is 10.6. The third-order valence-electron chi connectivity index (χ3n) is 5.02. The lowest BCUT2D eigenvalue weighted by Gasteiger charge is -2.13. The molecule has 0 atom stereocenters.